The Bertz CT molecular complexity index is 795. The van der Waals surface area contributed by atoms with Gasteiger partial charge in [-0.15, -0.1) is 0 Å². The molecule has 2 amide bonds. The van der Waals surface area contributed by atoms with E-state index < -0.39 is 23.6 Å². The molecule has 0 saturated carbocycles. The number of benzene rings is 2. The molecule has 0 saturated heterocycles. The number of rotatable bonds is 6. The first-order valence-corrected chi connectivity index (χ1v) is 8.94. The van der Waals surface area contributed by atoms with Crippen LogP contribution in [0.25, 0.3) is 0 Å². The van der Waals surface area contributed by atoms with Gasteiger partial charge in [0.15, 0.2) is 0 Å². The highest BCUT2D eigenvalue weighted by molar-refractivity contribution is 5.96. The van der Waals surface area contributed by atoms with Crippen molar-refractivity contribution in [2.75, 3.05) is 5.32 Å². The number of nitrogens with one attached hydrogen (secondary N) is 2. The molecule has 0 radical (unpaired) electrons. The minimum Gasteiger partial charge on any atom is -0.508 e. The average Bonchev–Trinajstić information content (AvgIpc) is 2.62. The molecule has 28 heavy (non-hydrogen) atoms. The van der Waals surface area contributed by atoms with E-state index in [-0.39, 0.29) is 18.8 Å². The van der Waals surface area contributed by atoms with Gasteiger partial charge in [0.05, 0.1) is 6.61 Å². The Morgan fingerprint density at radius 1 is 1.00 bits per heavy atom. The normalized spacial score (nSPS) is 12.1. The number of carbonyl (C=O) groups is 2. The van der Waals surface area contributed by atoms with Gasteiger partial charge in [-0.2, -0.15) is 0 Å². The van der Waals surface area contributed by atoms with Gasteiger partial charge in [0.2, 0.25) is 5.91 Å². The highest BCUT2D eigenvalue weighted by Gasteiger charge is 2.25. The third kappa shape index (κ3) is 6.92. The van der Waals surface area contributed by atoms with Gasteiger partial charge in [0.1, 0.15) is 17.4 Å². The highest BCUT2D eigenvalue weighted by Crippen LogP contribution is 2.14. The summed E-state index contributed by atoms with van der Waals surface area (Å²) in [6, 6.07) is 12.3. The minimum atomic E-state index is -0.878. The molecule has 7 heteroatoms. The number of aliphatic hydroxyl groups excluding tert-OH is 1. The number of phenols is 1. The van der Waals surface area contributed by atoms with Crippen LogP contribution in [-0.4, -0.2) is 33.9 Å². The first-order chi connectivity index (χ1) is 13.2. The topological polar surface area (TPSA) is 108 Å². The van der Waals surface area contributed by atoms with Gasteiger partial charge >= 0.3 is 6.09 Å². The number of aromatic hydroxyl groups is 1. The zero-order chi connectivity index (χ0) is 20.7. The van der Waals surface area contributed by atoms with E-state index in [1.54, 1.807) is 57.2 Å². The third-order valence-corrected chi connectivity index (χ3v) is 3.79. The van der Waals surface area contributed by atoms with E-state index in [9.17, 15) is 14.7 Å². The van der Waals surface area contributed by atoms with Crippen molar-refractivity contribution in [3.8, 4) is 5.75 Å². The molecule has 0 unspecified atom stereocenters. The number of anilines is 1. The van der Waals surface area contributed by atoms with Crippen molar-refractivity contribution in [2.45, 2.75) is 45.4 Å². The maximum absolute atomic E-state index is 12.8. The molecule has 0 fully saturated rings. The standard InChI is InChI=1S/C21H26N2O5/c1-21(2,3)28-20(27)23-18(12-14-6-10-17(25)11-7-14)19(26)22-16-8-4-15(13-24)5-9-16/h4-11,18,24-25H,12-13H2,1-3H3,(H,22,26)(H,23,27)/t18-/m0/s1. The van der Waals surface area contributed by atoms with Crippen LogP contribution in [0, 0.1) is 0 Å². The zero-order valence-electron chi connectivity index (χ0n) is 16.2. The molecule has 2 aromatic carbocycles. The van der Waals surface area contributed by atoms with Gasteiger partial charge in [-0.05, 0) is 56.2 Å². The lowest BCUT2D eigenvalue weighted by Gasteiger charge is -2.23. The van der Waals surface area contributed by atoms with Gasteiger partial charge in [-0.25, -0.2) is 4.79 Å². The van der Waals surface area contributed by atoms with Crippen LogP contribution in [0.15, 0.2) is 48.5 Å². The van der Waals surface area contributed by atoms with Crippen LogP contribution in [0.4, 0.5) is 10.5 Å². The lowest BCUT2D eigenvalue weighted by molar-refractivity contribution is -0.118. The van der Waals surface area contributed by atoms with Crippen LogP contribution in [0.2, 0.25) is 0 Å². The van der Waals surface area contributed by atoms with Gasteiger partial charge in [-0.1, -0.05) is 24.3 Å². The Hall–Kier alpha value is -3.06. The van der Waals surface area contributed by atoms with E-state index in [1.807, 2.05) is 0 Å². The van der Waals surface area contributed by atoms with E-state index >= 15 is 0 Å². The molecule has 0 heterocycles. The summed E-state index contributed by atoms with van der Waals surface area (Å²) in [6.07, 6.45) is -0.470. The second-order valence-electron chi connectivity index (χ2n) is 7.41. The summed E-state index contributed by atoms with van der Waals surface area (Å²) in [5, 5.41) is 23.9. The maximum atomic E-state index is 12.8. The molecule has 2 rings (SSSR count). The zero-order valence-corrected chi connectivity index (χ0v) is 16.2. The molecule has 0 aliphatic rings. The van der Waals surface area contributed by atoms with Crippen LogP contribution < -0.4 is 10.6 Å². The average molecular weight is 386 g/mol. The number of phenolic OH excluding ortho intramolecular Hbond substituents is 1. The van der Waals surface area contributed by atoms with Crippen molar-refractivity contribution >= 4 is 17.7 Å². The van der Waals surface area contributed by atoms with E-state index in [0.717, 1.165) is 11.1 Å². The third-order valence-electron chi connectivity index (χ3n) is 3.79. The molecule has 0 spiro atoms. The number of alkyl carbamates (subject to hydrolysis) is 1. The molecular formula is C21H26N2O5. The first-order valence-electron chi connectivity index (χ1n) is 8.94. The van der Waals surface area contributed by atoms with Crippen molar-refractivity contribution in [3.05, 3.63) is 59.7 Å². The predicted molar refractivity (Wildman–Crippen MR) is 106 cm³/mol. The van der Waals surface area contributed by atoms with E-state index in [4.69, 9.17) is 9.84 Å². The van der Waals surface area contributed by atoms with Crippen LogP contribution in [0.3, 0.4) is 0 Å². The molecule has 0 aliphatic carbocycles. The lowest BCUT2D eigenvalue weighted by atomic mass is 10.0. The monoisotopic (exact) mass is 386 g/mol. The summed E-state index contributed by atoms with van der Waals surface area (Å²) in [5.74, 6) is -0.287. The van der Waals surface area contributed by atoms with Crippen LogP contribution in [0.5, 0.6) is 5.75 Å². The largest absolute Gasteiger partial charge is 0.508 e. The van der Waals surface area contributed by atoms with Crippen molar-refractivity contribution in [3.63, 3.8) is 0 Å². The SMILES string of the molecule is CC(C)(C)OC(=O)N[C@@H](Cc1ccc(O)cc1)C(=O)Nc1ccc(CO)cc1. The Balaban J connectivity index is 2.13. The second-order valence-corrected chi connectivity index (χ2v) is 7.41. The van der Waals surface area contributed by atoms with Crippen LogP contribution >= 0.6 is 0 Å². The van der Waals surface area contributed by atoms with Crippen LogP contribution in [0.1, 0.15) is 31.9 Å². The van der Waals surface area contributed by atoms with Crippen molar-refractivity contribution in [1.29, 1.82) is 0 Å². The molecule has 0 aromatic heterocycles. The Morgan fingerprint density at radius 3 is 2.11 bits per heavy atom. The molecule has 7 nitrogen and oxygen atoms in total. The molecule has 0 aliphatic heterocycles. The Kier molecular flexibility index (Phi) is 7.00. The minimum absolute atomic E-state index is 0.0854. The fraction of sp³-hybridized carbons (Fsp3) is 0.333. The fourth-order valence-electron chi connectivity index (χ4n) is 2.45. The maximum Gasteiger partial charge on any atom is 0.408 e. The van der Waals surface area contributed by atoms with Crippen molar-refractivity contribution < 1.29 is 24.5 Å². The van der Waals surface area contributed by atoms with Crippen LogP contribution in [-0.2, 0) is 22.6 Å². The van der Waals surface area contributed by atoms with E-state index in [2.05, 4.69) is 10.6 Å². The smallest absolute Gasteiger partial charge is 0.408 e. The molecule has 150 valence electrons. The number of hydrogen-bond donors (Lipinski definition) is 4. The number of amides is 2. The summed E-state index contributed by atoms with van der Waals surface area (Å²) in [5.41, 5.74) is 1.35. The number of ether oxygens (including phenoxy) is 1. The Labute approximate surface area is 164 Å². The summed E-state index contributed by atoms with van der Waals surface area (Å²) in [4.78, 5) is 24.9. The Morgan fingerprint density at radius 2 is 1.57 bits per heavy atom. The summed E-state index contributed by atoms with van der Waals surface area (Å²) in [6.45, 7) is 5.14. The second kappa shape index (κ2) is 9.23. The quantitative estimate of drug-likeness (QED) is 0.610. The van der Waals surface area contributed by atoms with E-state index in [1.165, 1.54) is 12.1 Å². The van der Waals surface area contributed by atoms with Gasteiger partial charge in [-0.3, -0.25) is 4.79 Å². The van der Waals surface area contributed by atoms with Gasteiger partial charge in [0, 0.05) is 12.1 Å². The summed E-state index contributed by atoms with van der Waals surface area (Å²) >= 11 is 0. The van der Waals surface area contributed by atoms with E-state index in [0.29, 0.717) is 5.69 Å². The lowest BCUT2D eigenvalue weighted by Crippen LogP contribution is -2.47. The molecule has 1 atom stereocenters. The van der Waals surface area contributed by atoms with Gasteiger partial charge in [0.25, 0.3) is 0 Å². The molecule has 4 N–H and O–H groups in total. The number of carbonyl (C=O) groups excluding carboxylic acids is 2. The van der Waals surface area contributed by atoms with Crippen molar-refractivity contribution in [1.82, 2.24) is 5.32 Å². The number of aliphatic hydroxyl groups is 1. The van der Waals surface area contributed by atoms with Crippen molar-refractivity contribution in [2.24, 2.45) is 0 Å². The molecule has 2 aromatic rings. The highest BCUT2D eigenvalue weighted by atomic mass is 16.6. The summed E-state index contributed by atoms with van der Waals surface area (Å²) < 4.78 is 5.26. The molecular weight excluding hydrogens is 360 g/mol. The fourth-order valence-corrected chi connectivity index (χ4v) is 2.45. The molecule has 0 bridgehead atoms. The number of hydrogen-bond acceptors (Lipinski definition) is 5. The van der Waals surface area contributed by atoms with Gasteiger partial charge < -0.3 is 25.6 Å². The first kappa shape index (κ1) is 21.2. The summed E-state index contributed by atoms with van der Waals surface area (Å²) in [7, 11) is 0. The predicted octanol–water partition coefficient (Wildman–Crippen LogP) is 2.96.